The Hall–Kier alpha value is -0.830. The van der Waals surface area contributed by atoms with Gasteiger partial charge in [0, 0.05) is 19.5 Å². The monoisotopic (exact) mass is 140 g/mol. The molecule has 0 fully saturated rings. The predicted octanol–water partition coefficient (Wildman–Crippen LogP) is 1.09. The second kappa shape index (κ2) is 3.37. The molecule has 1 atom stereocenters. The first-order chi connectivity index (χ1) is 4.84. The van der Waals surface area contributed by atoms with Gasteiger partial charge in [0.2, 0.25) is 0 Å². The molecule has 0 spiro atoms. The molecule has 1 aromatic rings. The molecule has 0 unspecified atom stereocenters. The van der Waals surface area contributed by atoms with Crippen molar-refractivity contribution in [3.8, 4) is 0 Å². The average Bonchev–Trinajstić information content (AvgIpc) is 2.38. The van der Waals surface area contributed by atoms with Gasteiger partial charge in [0.15, 0.2) is 0 Å². The molecule has 0 radical (unpaired) electrons. The average molecular weight is 140 g/mol. The van der Waals surface area contributed by atoms with Crippen LogP contribution < -0.4 is 0 Å². The third-order valence-electron chi connectivity index (χ3n) is 1.38. The van der Waals surface area contributed by atoms with Gasteiger partial charge in [-0.2, -0.15) is 5.10 Å². The van der Waals surface area contributed by atoms with Gasteiger partial charge in [0.05, 0.1) is 12.6 Å². The van der Waals surface area contributed by atoms with Crippen LogP contribution in [0, 0.1) is 0 Å². The first-order valence-corrected chi connectivity index (χ1v) is 3.32. The van der Waals surface area contributed by atoms with Crippen LogP contribution in [0.25, 0.3) is 0 Å². The van der Waals surface area contributed by atoms with Gasteiger partial charge in [-0.25, -0.2) is 0 Å². The van der Waals surface area contributed by atoms with Gasteiger partial charge in [0.1, 0.15) is 0 Å². The molecule has 0 saturated heterocycles. The van der Waals surface area contributed by atoms with Crippen molar-refractivity contribution in [3.63, 3.8) is 0 Å². The minimum Gasteiger partial charge on any atom is -0.382 e. The summed E-state index contributed by atoms with van der Waals surface area (Å²) in [6.45, 7) is 2.78. The SMILES string of the molecule is COC[C@@H](C)n1cccn1. The summed E-state index contributed by atoms with van der Waals surface area (Å²) in [7, 11) is 1.69. The zero-order valence-electron chi connectivity index (χ0n) is 6.32. The number of aromatic nitrogens is 2. The van der Waals surface area contributed by atoms with Gasteiger partial charge in [-0.3, -0.25) is 4.68 Å². The summed E-state index contributed by atoms with van der Waals surface area (Å²) in [5.41, 5.74) is 0. The molecule has 1 aromatic heterocycles. The molecular formula is C7H12N2O. The minimum atomic E-state index is 0.333. The minimum absolute atomic E-state index is 0.333. The third kappa shape index (κ3) is 1.57. The van der Waals surface area contributed by atoms with E-state index in [2.05, 4.69) is 12.0 Å². The highest BCUT2D eigenvalue weighted by Crippen LogP contribution is 2.01. The molecule has 3 heteroatoms. The molecule has 3 nitrogen and oxygen atoms in total. The van der Waals surface area contributed by atoms with E-state index in [9.17, 15) is 0 Å². The van der Waals surface area contributed by atoms with Gasteiger partial charge in [0.25, 0.3) is 0 Å². The fourth-order valence-corrected chi connectivity index (χ4v) is 0.859. The molecular weight excluding hydrogens is 128 g/mol. The summed E-state index contributed by atoms with van der Waals surface area (Å²) in [6, 6.07) is 2.24. The number of hydrogen-bond donors (Lipinski definition) is 0. The highest BCUT2D eigenvalue weighted by atomic mass is 16.5. The van der Waals surface area contributed by atoms with Crippen molar-refractivity contribution in [2.24, 2.45) is 0 Å². The van der Waals surface area contributed by atoms with Crippen molar-refractivity contribution in [1.29, 1.82) is 0 Å². The molecule has 1 heterocycles. The van der Waals surface area contributed by atoms with Gasteiger partial charge >= 0.3 is 0 Å². The number of hydrogen-bond acceptors (Lipinski definition) is 2. The molecule has 0 saturated carbocycles. The maximum atomic E-state index is 4.97. The van der Waals surface area contributed by atoms with Crippen LogP contribution in [0.4, 0.5) is 0 Å². The van der Waals surface area contributed by atoms with E-state index >= 15 is 0 Å². The van der Waals surface area contributed by atoms with Crippen LogP contribution in [0.5, 0.6) is 0 Å². The van der Waals surface area contributed by atoms with Crippen molar-refractivity contribution in [3.05, 3.63) is 18.5 Å². The lowest BCUT2D eigenvalue weighted by Crippen LogP contribution is -2.10. The van der Waals surface area contributed by atoms with E-state index in [1.165, 1.54) is 0 Å². The van der Waals surface area contributed by atoms with E-state index in [1.807, 2.05) is 16.9 Å². The predicted molar refractivity (Wildman–Crippen MR) is 38.8 cm³/mol. The van der Waals surface area contributed by atoms with Crippen molar-refractivity contribution in [1.82, 2.24) is 9.78 Å². The van der Waals surface area contributed by atoms with Crippen LogP contribution in [-0.4, -0.2) is 23.5 Å². The fraction of sp³-hybridized carbons (Fsp3) is 0.571. The van der Waals surface area contributed by atoms with Gasteiger partial charge in [-0.1, -0.05) is 0 Å². The van der Waals surface area contributed by atoms with Crippen molar-refractivity contribution in [2.45, 2.75) is 13.0 Å². The van der Waals surface area contributed by atoms with E-state index < -0.39 is 0 Å². The molecule has 0 aliphatic carbocycles. The zero-order chi connectivity index (χ0) is 7.40. The van der Waals surface area contributed by atoms with Gasteiger partial charge < -0.3 is 4.74 Å². The normalized spacial score (nSPS) is 13.4. The summed E-state index contributed by atoms with van der Waals surface area (Å²) >= 11 is 0. The maximum Gasteiger partial charge on any atom is 0.0724 e. The summed E-state index contributed by atoms with van der Waals surface area (Å²) in [5.74, 6) is 0. The number of methoxy groups -OCH3 is 1. The summed E-state index contributed by atoms with van der Waals surface area (Å²) in [4.78, 5) is 0. The van der Waals surface area contributed by atoms with E-state index in [1.54, 1.807) is 13.3 Å². The van der Waals surface area contributed by atoms with Crippen molar-refractivity contribution >= 4 is 0 Å². The van der Waals surface area contributed by atoms with Crippen LogP contribution in [0.1, 0.15) is 13.0 Å². The Balaban J connectivity index is 2.50. The lowest BCUT2D eigenvalue weighted by atomic mass is 10.4. The molecule has 10 heavy (non-hydrogen) atoms. The smallest absolute Gasteiger partial charge is 0.0724 e. The Morgan fingerprint density at radius 2 is 2.50 bits per heavy atom. The standard InChI is InChI=1S/C7H12N2O/c1-7(6-10-2)9-5-3-4-8-9/h3-5,7H,6H2,1-2H3/t7-/m1/s1. The maximum absolute atomic E-state index is 4.97. The van der Waals surface area contributed by atoms with Gasteiger partial charge in [-0.15, -0.1) is 0 Å². The summed E-state index contributed by atoms with van der Waals surface area (Å²) < 4.78 is 6.85. The largest absolute Gasteiger partial charge is 0.382 e. The molecule has 56 valence electrons. The molecule has 0 bridgehead atoms. The van der Waals surface area contributed by atoms with Crippen molar-refractivity contribution < 1.29 is 4.74 Å². The van der Waals surface area contributed by atoms with Crippen LogP contribution >= 0.6 is 0 Å². The third-order valence-corrected chi connectivity index (χ3v) is 1.38. The topological polar surface area (TPSA) is 27.1 Å². The molecule has 0 aromatic carbocycles. The lowest BCUT2D eigenvalue weighted by molar-refractivity contribution is 0.157. The molecule has 0 amide bonds. The second-order valence-corrected chi connectivity index (χ2v) is 2.29. The highest BCUT2D eigenvalue weighted by molar-refractivity contribution is 4.80. The molecule has 0 N–H and O–H groups in total. The zero-order valence-corrected chi connectivity index (χ0v) is 6.32. The van der Waals surface area contributed by atoms with Gasteiger partial charge in [-0.05, 0) is 13.0 Å². The van der Waals surface area contributed by atoms with Crippen LogP contribution in [0.15, 0.2) is 18.5 Å². The Bertz CT molecular complexity index is 172. The van der Waals surface area contributed by atoms with E-state index in [4.69, 9.17) is 4.74 Å². The molecule has 0 aliphatic rings. The summed E-state index contributed by atoms with van der Waals surface area (Å²) in [6.07, 6.45) is 3.70. The van der Waals surface area contributed by atoms with Crippen LogP contribution in [0.3, 0.4) is 0 Å². The number of rotatable bonds is 3. The fourth-order valence-electron chi connectivity index (χ4n) is 0.859. The van der Waals surface area contributed by atoms with E-state index in [0.29, 0.717) is 12.6 Å². The Labute approximate surface area is 60.6 Å². The number of nitrogens with zero attached hydrogens (tertiary/aromatic N) is 2. The Morgan fingerprint density at radius 1 is 1.70 bits per heavy atom. The second-order valence-electron chi connectivity index (χ2n) is 2.29. The Morgan fingerprint density at radius 3 is 3.00 bits per heavy atom. The quantitative estimate of drug-likeness (QED) is 0.628. The van der Waals surface area contributed by atoms with E-state index in [0.717, 1.165) is 0 Å². The van der Waals surface area contributed by atoms with Crippen molar-refractivity contribution in [2.75, 3.05) is 13.7 Å². The first-order valence-electron chi connectivity index (χ1n) is 3.32. The number of ether oxygens (including phenoxy) is 1. The lowest BCUT2D eigenvalue weighted by Gasteiger charge is -2.09. The Kier molecular flexibility index (Phi) is 2.45. The van der Waals surface area contributed by atoms with E-state index in [-0.39, 0.29) is 0 Å². The molecule has 1 rings (SSSR count). The summed E-state index contributed by atoms with van der Waals surface area (Å²) in [5, 5.41) is 4.07. The highest BCUT2D eigenvalue weighted by Gasteiger charge is 2.01. The van der Waals surface area contributed by atoms with Crippen LogP contribution in [0.2, 0.25) is 0 Å². The molecule has 0 aliphatic heterocycles. The van der Waals surface area contributed by atoms with Crippen LogP contribution in [-0.2, 0) is 4.74 Å². The first kappa shape index (κ1) is 7.28.